The first-order valence-electron chi connectivity index (χ1n) is 8.11. The van der Waals surface area contributed by atoms with E-state index in [1.165, 1.54) is 0 Å². The normalized spacial score (nSPS) is 20.2. The highest BCUT2D eigenvalue weighted by molar-refractivity contribution is 5.76. The molecule has 1 saturated heterocycles. The molecule has 2 rings (SSSR count). The molecule has 1 aliphatic rings. The van der Waals surface area contributed by atoms with Gasteiger partial charge in [-0.25, -0.2) is 4.98 Å². The van der Waals surface area contributed by atoms with Crippen molar-refractivity contribution in [3.05, 3.63) is 18.7 Å². The number of aromatic nitrogens is 2. The third kappa shape index (κ3) is 4.30. The number of hydrogen-bond acceptors (Lipinski definition) is 3. The van der Waals surface area contributed by atoms with Crippen LogP contribution in [0.5, 0.6) is 0 Å². The van der Waals surface area contributed by atoms with Crippen LogP contribution in [0.25, 0.3) is 0 Å². The minimum absolute atomic E-state index is 0.303. The first-order chi connectivity index (χ1) is 10.1. The van der Waals surface area contributed by atoms with Crippen LogP contribution in [-0.2, 0) is 11.3 Å². The largest absolute Gasteiger partial charge is 0.340 e. The zero-order valence-electron chi connectivity index (χ0n) is 13.5. The first kappa shape index (κ1) is 16.0. The SMILES string of the molecule is CC[C@@H]1CN(C(=O)CCCn2ccnc2)CCN1C(C)C. The number of carbonyl (C=O) groups is 1. The molecule has 5 nitrogen and oxygen atoms in total. The Morgan fingerprint density at radius 1 is 1.38 bits per heavy atom. The third-order valence-corrected chi connectivity index (χ3v) is 4.38. The highest BCUT2D eigenvalue weighted by Crippen LogP contribution is 2.17. The lowest BCUT2D eigenvalue weighted by Crippen LogP contribution is -2.56. The Hall–Kier alpha value is -1.36. The molecule has 1 amide bonds. The average Bonchev–Trinajstić information content (AvgIpc) is 2.99. The fourth-order valence-electron chi connectivity index (χ4n) is 3.13. The number of imidazole rings is 1. The Balaban J connectivity index is 1.77. The van der Waals surface area contributed by atoms with Crippen LogP contribution in [0.2, 0.25) is 0 Å². The molecule has 0 spiro atoms. The second-order valence-corrected chi connectivity index (χ2v) is 6.14. The van der Waals surface area contributed by atoms with Gasteiger partial charge in [-0.15, -0.1) is 0 Å². The van der Waals surface area contributed by atoms with Crippen molar-refractivity contribution in [2.45, 2.75) is 58.7 Å². The van der Waals surface area contributed by atoms with Crippen LogP contribution in [0.3, 0.4) is 0 Å². The van der Waals surface area contributed by atoms with Crippen molar-refractivity contribution >= 4 is 5.91 Å². The Kier molecular flexibility index (Phi) is 5.79. The number of aryl methyl sites for hydroxylation is 1. The summed E-state index contributed by atoms with van der Waals surface area (Å²) in [7, 11) is 0. The topological polar surface area (TPSA) is 41.4 Å². The van der Waals surface area contributed by atoms with Crippen molar-refractivity contribution < 1.29 is 4.79 Å². The van der Waals surface area contributed by atoms with Crippen LogP contribution in [0.4, 0.5) is 0 Å². The van der Waals surface area contributed by atoms with Gasteiger partial charge in [-0.05, 0) is 26.7 Å². The fourth-order valence-corrected chi connectivity index (χ4v) is 3.13. The summed E-state index contributed by atoms with van der Waals surface area (Å²) in [6.07, 6.45) is 8.15. The van der Waals surface area contributed by atoms with Crippen LogP contribution in [0.15, 0.2) is 18.7 Å². The molecule has 0 aromatic carbocycles. The van der Waals surface area contributed by atoms with Crippen molar-refractivity contribution in [2.75, 3.05) is 19.6 Å². The van der Waals surface area contributed by atoms with E-state index in [1.807, 2.05) is 10.8 Å². The monoisotopic (exact) mass is 292 g/mol. The van der Waals surface area contributed by atoms with Gasteiger partial charge in [0.2, 0.25) is 5.91 Å². The van der Waals surface area contributed by atoms with Crippen LogP contribution in [-0.4, -0.2) is 57.0 Å². The van der Waals surface area contributed by atoms with Gasteiger partial charge in [-0.2, -0.15) is 0 Å². The lowest BCUT2D eigenvalue weighted by molar-refractivity contribution is -0.134. The third-order valence-electron chi connectivity index (χ3n) is 4.38. The molecule has 118 valence electrons. The van der Waals surface area contributed by atoms with Crippen molar-refractivity contribution in [1.82, 2.24) is 19.4 Å². The molecule has 0 aliphatic carbocycles. The van der Waals surface area contributed by atoms with Crippen molar-refractivity contribution in [3.8, 4) is 0 Å². The highest BCUT2D eigenvalue weighted by atomic mass is 16.2. The second-order valence-electron chi connectivity index (χ2n) is 6.14. The van der Waals surface area contributed by atoms with Crippen LogP contribution < -0.4 is 0 Å². The quantitative estimate of drug-likeness (QED) is 0.805. The number of hydrogen-bond donors (Lipinski definition) is 0. The Labute approximate surface area is 127 Å². The van der Waals surface area contributed by atoms with Crippen molar-refractivity contribution in [3.63, 3.8) is 0 Å². The Bertz CT molecular complexity index is 429. The summed E-state index contributed by atoms with van der Waals surface area (Å²) in [6.45, 7) is 10.3. The van der Waals surface area contributed by atoms with E-state index >= 15 is 0 Å². The maximum absolute atomic E-state index is 12.3. The predicted molar refractivity (Wildman–Crippen MR) is 84.0 cm³/mol. The maximum Gasteiger partial charge on any atom is 0.222 e. The standard InChI is InChI=1S/C16H28N4O/c1-4-15-12-19(10-11-20(15)14(2)3)16(21)6-5-8-18-9-7-17-13-18/h7,9,13-15H,4-6,8,10-12H2,1-3H3/t15-/m1/s1. The minimum Gasteiger partial charge on any atom is -0.340 e. The van der Waals surface area contributed by atoms with Crippen molar-refractivity contribution in [2.24, 2.45) is 0 Å². The van der Waals surface area contributed by atoms with Gasteiger partial charge in [0, 0.05) is 57.1 Å². The van der Waals surface area contributed by atoms with Gasteiger partial charge in [-0.3, -0.25) is 9.69 Å². The summed E-state index contributed by atoms with van der Waals surface area (Å²) in [5, 5.41) is 0. The molecule has 0 bridgehead atoms. The van der Waals surface area contributed by atoms with Crippen molar-refractivity contribution in [1.29, 1.82) is 0 Å². The summed E-state index contributed by atoms with van der Waals surface area (Å²) in [5.74, 6) is 0.303. The minimum atomic E-state index is 0.303. The molecule has 0 unspecified atom stereocenters. The van der Waals surface area contributed by atoms with E-state index in [1.54, 1.807) is 12.5 Å². The van der Waals surface area contributed by atoms with Crippen LogP contribution in [0, 0.1) is 0 Å². The number of carbonyl (C=O) groups excluding carboxylic acids is 1. The van der Waals surface area contributed by atoms with E-state index in [0.717, 1.165) is 39.0 Å². The summed E-state index contributed by atoms with van der Waals surface area (Å²) in [5.41, 5.74) is 0. The van der Waals surface area contributed by atoms with Gasteiger partial charge in [-0.1, -0.05) is 6.92 Å². The average molecular weight is 292 g/mol. The molecule has 1 fully saturated rings. The van der Waals surface area contributed by atoms with Gasteiger partial charge < -0.3 is 9.47 Å². The fraction of sp³-hybridized carbons (Fsp3) is 0.750. The maximum atomic E-state index is 12.3. The number of nitrogens with zero attached hydrogens (tertiary/aromatic N) is 4. The highest BCUT2D eigenvalue weighted by Gasteiger charge is 2.29. The first-order valence-corrected chi connectivity index (χ1v) is 8.11. The Morgan fingerprint density at radius 2 is 2.19 bits per heavy atom. The molecule has 1 atom stereocenters. The van der Waals surface area contributed by atoms with E-state index in [9.17, 15) is 4.79 Å². The summed E-state index contributed by atoms with van der Waals surface area (Å²) >= 11 is 0. The number of piperazine rings is 1. The molecule has 1 aromatic heterocycles. The molecule has 2 heterocycles. The Morgan fingerprint density at radius 3 is 2.81 bits per heavy atom. The van der Waals surface area contributed by atoms with Crippen LogP contribution in [0.1, 0.15) is 40.0 Å². The van der Waals surface area contributed by atoms with Crippen LogP contribution >= 0.6 is 0 Å². The molecular formula is C16H28N4O. The van der Waals surface area contributed by atoms with E-state index in [-0.39, 0.29) is 0 Å². The zero-order valence-corrected chi connectivity index (χ0v) is 13.5. The molecule has 21 heavy (non-hydrogen) atoms. The van der Waals surface area contributed by atoms with E-state index in [2.05, 4.69) is 35.6 Å². The van der Waals surface area contributed by atoms with Gasteiger partial charge >= 0.3 is 0 Å². The van der Waals surface area contributed by atoms with E-state index < -0.39 is 0 Å². The molecule has 1 aromatic rings. The number of rotatable bonds is 6. The molecule has 0 saturated carbocycles. The molecule has 1 aliphatic heterocycles. The predicted octanol–water partition coefficient (Wildman–Crippen LogP) is 1.99. The molecular weight excluding hydrogens is 264 g/mol. The molecule has 0 N–H and O–H groups in total. The van der Waals surface area contributed by atoms with E-state index in [0.29, 0.717) is 24.4 Å². The lowest BCUT2D eigenvalue weighted by Gasteiger charge is -2.43. The number of amides is 1. The summed E-state index contributed by atoms with van der Waals surface area (Å²) in [6, 6.07) is 1.07. The van der Waals surface area contributed by atoms with E-state index in [4.69, 9.17) is 0 Å². The summed E-state index contributed by atoms with van der Waals surface area (Å²) < 4.78 is 2.03. The zero-order chi connectivity index (χ0) is 15.2. The molecule has 5 heteroatoms. The van der Waals surface area contributed by atoms with Gasteiger partial charge in [0.15, 0.2) is 0 Å². The second kappa shape index (κ2) is 7.59. The lowest BCUT2D eigenvalue weighted by atomic mass is 10.1. The van der Waals surface area contributed by atoms with Gasteiger partial charge in [0.05, 0.1) is 6.33 Å². The van der Waals surface area contributed by atoms with Gasteiger partial charge in [0.25, 0.3) is 0 Å². The molecule has 0 radical (unpaired) electrons. The van der Waals surface area contributed by atoms with Gasteiger partial charge in [0.1, 0.15) is 0 Å². The smallest absolute Gasteiger partial charge is 0.222 e. The summed E-state index contributed by atoms with van der Waals surface area (Å²) in [4.78, 5) is 20.9.